The zero-order valence-electron chi connectivity index (χ0n) is 17.4. The molecule has 1 aliphatic heterocycles. The first-order valence-electron chi connectivity index (χ1n) is 9.81. The topological polar surface area (TPSA) is 40.4 Å². The molecule has 0 saturated heterocycles. The van der Waals surface area contributed by atoms with Gasteiger partial charge in [-0.15, -0.1) is 4.90 Å². The second-order valence-electron chi connectivity index (χ2n) is 7.47. The molecule has 3 aromatic carbocycles. The minimum absolute atomic E-state index is 0.285. The number of para-hydroxylation sites is 1. The fourth-order valence-corrected chi connectivity index (χ4v) is 3.84. The summed E-state index contributed by atoms with van der Waals surface area (Å²) >= 11 is 6.50. The van der Waals surface area contributed by atoms with Gasteiger partial charge < -0.3 is 0 Å². The molecule has 0 unspecified atom stereocenters. The summed E-state index contributed by atoms with van der Waals surface area (Å²) in [7, 11) is 1.67. The number of benzene rings is 3. The quantitative estimate of drug-likeness (QED) is 0.437. The van der Waals surface area contributed by atoms with Gasteiger partial charge in [0.05, 0.1) is 12.1 Å². The van der Waals surface area contributed by atoms with Crippen LogP contribution in [0.2, 0.25) is 5.02 Å². The van der Waals surface area contributed by atoms with E-state index in [2.05, 4.69) is 11.8 Å². The van der Waals surface area contributed by atoms with E-state index >= 15 is 0 Å². The monoisotopic (exact) mass is 427 g/mol. The number of carbonyl (C=O) groups is 2. The van der Waals surface area contributed by atoms with Crippen LogP contribution < -0.4 is 20.1 Å². The second-order valence-corrected chi connectivity index (χ2v) is 7.87. The van der Waals surface area contributed by atoms with E-state index in [-0.39, 0.29) is 5.02 Å². The number of urea groups is 1. The van der Waals surface area contributed by atoms with E-state index in [1.165, 1.54) is 4.58 Å². The second kappa shape index (κ2) is 8.22. The minimum Gasteiger partial charge on any atom is -0.240 e. The Morgan fingerprint density at radius 1 is 0.903 bits per heavy atom. The molecule has 0 radical (unpaired) electrons. The van der Waals surface area contributed by atoms with Gasteiger partial charge in [-0.05, 0) is 50.2 Å². The maximum Gasteiger partial charge on any atom is 0.506 e. The van der Waals surface area contributed by atoms with E-state index in [4.69, 9.17) is 11.6 Å². The van der Waals surface area contributed by atoms with Crippen molar-refractivity contribution in [2.24, 2.45) is 0 Å². The number of nitrogens with zero attached hydrogens (tertiary/aromatic N) is 2. The van der Waals surface area contributed by atoms with Gasteiger partial charge in [0.25, 0.3) is 0 Å². The number of anilines is 1. The van der Waals surface area contributed by atoms with Crippen LogP contribution in [0, 0.1) is 11.8 Å². The molecule has 1 aliphatic rings. The Hall–Kier alpha value is -3.68. The fraction of sp³-hybridized carbons (Fsp3) is 0.115. The van der Waals surface area contributed by atoms with Crippen LogP contribution in [0.4, 0.5) is 10.5 Å². The third kappa shape index (κ3) is 3.76. The van der Waals surface area contributed by atoms with E-state index in [9.17, 15) is 9.59 Å². The van der Waals surface area contributed by atoms with Gasteiger partial charge in [-0.25, -0.2) is 4.79 Å². The van der Waals surface area contributed by atoms with Gasteiger partial charge in [-0.2, -0.15) is 9.37 Å². The predicted octanol–water partition coefficient (Wildman–Crippen LogP) is 3.83. The molecule has 0 fully saturated rings. The SMILES string of the molecule is CC(C)=c1cccc2c1=[N+](C)C(=O)N(c1ccc(C#Cc3ccccc3)cc1Cl)C2=O. The maximum atomic E-state index is 13.3. The highest BCUT2D eigenvalue weighted by atomic mass is 35.5. The van der Waals surface area contributed by atoms with Crippen molar-refractivity contribution >= 4 is 34.8 Å². The average Bonchev–Trinajstić information content (AvgIpc) is 2.77. The number of halogens is 1. The van der Waals surface area contributed by atoms with Crippen molar-refractivity contribution in [1.82, 2.24) is 4.58 Å². The van der Waals surface area contributed by atoms with E-state index in [1.54, 1.807) is 31.3 Å². The normalized spacial score (nSPS) is 12.9. The average molecular weight is 428 g/mol. The Morgan fingerprint density at radius 3 is 2.29 bits per heavy atom. The molecule has 0 aliphatic carbocycles. The minimum atomic E-state index is -0.448. The van der Waals surface area contributed by atoms with E-state index in [0.29, 0.717) is 22.2 Å². The highest BCUT2D eigenvalue weighted by molar-refractivity contribution is 6.36. The van der Waals surface area contributed by atoms with Gasteiger partial charge in [0.15, 0.2) is 11.0 Å². The van der Waals surface area contributed by atoms with Crippen molar-refractivity contribution in [3.63, 3.8) is 0 Å². The summed E-state index contributed by atoms with van der Waals surface area (Å²) < 4.78 is 1.50. The van der Waals surface area contributed by atoms with E-state index in [0.717, 1.165) is 21.3 Å². The molecule has 3 amide bonds. The molecule has 4 rings (SSSR count). The summed E-state index contributed by atoms with van der Waals surface area (Å²) in [5.74, 6) is 5.74. The van der Waals surface area contributed by atoms with Crippen LogP contribution in [0.3, 0.4) is 0 Å². The van der Waals surface area contributed by atoms with Crippen LogP contribution in [0.25, 0.3) is 5.57 Å². The Balaban J connectivity index is 1.78. The molecule has 4 nitrogen and oxygen atoms in total. The molecule has 0 aromatic heterocycles. The van der Waals surface area contributed by atoms with Gasteiger partial charge >= 0.3 is 11.9 Å². The van der Waals surface area contributed by atoms with Crippen molar-refractivity contribution in [2.45, 2.75) is 13.8 Å². The molecule has 0 bridgehead atoms. The molecule has 3 aromatic rings. The number of hydrogen-bond acceptors (Lipinski definition) is 2. The van der Waals surface area contributed by atoms with Gasteiger partial charge in [-0.3, -0.25) is 0 Å². The van der Waals surface area contributed by atoms with Crippen molar-refractivity contribution in [2.75, 3.05) is 11.9 Å². The standard InChI is InChI=1S/C26H20ClN2O2/c1-17(2)20-10-7-11-21-24(20)28(3)26(31)29(25(21)30)23-15-14-19(16-22(23)27)13-12-18-8-5-4-6-9-18/h4-11,14-16H,1-3H3/q+1. The molecule has 0 atom stereocenters. The Kier molecular flexibility index (Phi) is 5.46. The van der Waals surface area contributed by atoms with Crippen LogP contribution in [0.5, 0.6) is 0 Å². The molecule has 152 valence electrons. The third-order valence-corrected chi connectivity index (χ3v) is 5.44. The zero-order chi connectivity index (χ0) is 22.1. The van der Waals surface area contributed by atoms with Crippen molar-refractivity contribution in [3.05, 3.63) is 99.0 Å². The lowest BCUT2D eigenvalue weighted by Gasteiger charge is -2.19. The van der Waals surface area contributed by atoms with Gasteiger partial charge in [0.2, 0.25) is 0 Å². The maximum absolute atomic E-state index is 13.3. The number of fused-ring (bicyclic) bond motifs is 1. The summed E-state index contributed by atoms with van der Waals surface area (Å²) in [5.41, 5.74) is 3.41. The summed E-state index contributed by atoms with van der Waals surface area (Å²) in [6.07, 6.45) is 0. The smallest absolute Gasteiger partial charge is 0.240 e. The zero-order valence-corrected chi connectivity index (χ0v) is 18.2. The van der Waals surface area contributed by atoms with Gasteiger partial charge in [0, 0.05) is 16.3 Å². The highest BCUT2D eigenvalue weighted by Crippen LogP contribution is 2.29. The lowest BCUT2D eigenvalue weighted by Crippen LogP contribution is -2.58. The van der Waals surface area contributed by atoms with E-state index < -0.39 is 11.9 Å². The molecule has 1 heterocycles. The number of amides is 3. The number of rotatable bonds is 1. The Morgan fingerprint density at radius 2 is 1.61 bits per heavy atom. The largest absolute Gasteiger partial charge is 0.506 e. The summed E-state index contributed by atoms with van der Waals surface area (Å²) in [5, 5.41) is 1.78. The van der Waals surface area contributed by atoms with Crippen molar-refractivity contribution in [3.8, 4) is 11.8 Å². The Labute approximate surface area is 185 Å². The van der Waals surface area contributed by atoms with Crippen LogP contribution in [0.1, 0.15) is 35.3 Å². The summed E-state index contributed by atoms with van der Waals surface area (Å²) in [4.78, 5) is 27.6. The lowest BCUT2D eigenvalue weighted by atomic mass is 10.1. The van der Waals surface area contributed by atoms with Crippen LogP contribution in [0.15, 0.2) is 66.7 Å². The summed E-state index contributed by atoms with van der Waals surface area (Å²) in [6.45, 7) is 3.91. The van der Waals surface area contributed by atoms with Crippen LogP contribution >= 0.6 is 11.6 Å². The number of hydrogen-bond donors (Lipinski definition) is 0. The van der Waals surface area contributed by atoms with Crippen LogP contribution in [-0.4, -0.2) is 19.0 Å². The lowest BCUT2D eigenvalue weighted by molar-refractivity contribution is 0.0986. The van der Waals surface area contributed by atoms with Crippen LogP contribution in [-0.2, 0) is 0 Å². The first-order valence-corrected chi connectivity index (χ1v) is 10.2. The molecule has 5 heteroatoms. The molecule has 0 N–H and O–H groups in total. The molecule has 0 spiro atoms. The fourth-order valence-electron chi connectivity index (χ4n) is 3.58. The number of imide groups is 1. The first-order chi connectivity index (χ1) is 14.9. The number of carbonyl (C=O) groups excluding carboxylic acids is 2. The molecular formula is C26H20ClN2O2+. The van der Waals surface area contributed by atoms with Crippen molar-refractivity contribution < 1.29 is 9.59 Å². The molecule has 0 saturated carbocycles. The Bertz CT molecular complexity index is 1410. The molecular weight excluding hydrogens is 408 g/mol. The van der Waals surface area contributed by atoms with E-state index in [1.807, 2.05) is 56.3 Å². The predicted molar refractivity (Wildman–Crippen MR) is 124 cm³/mol. The first kappa shape index (κ1) is 20.6. The van der Waals surface area contributed by atoms with Gasteiger partial charge in [-0.1, -0.05) is 59.3 Å². The summed E-state index contributed by atoms with van der Waals surface area (Å²) in [6, 6.07) is 19.7. The van der Waals surface area contributed by atoms with Gasteiger partial charge in [0.1, 0.15) is 5.56 Å². The molecule has 31 heavy (non-hydrogen) atoms. The van der Waals surface area contributed by atoms with Crippen molar-refractivity contribution in [1.29, 1.82) is 0 Å². The highest BCUT2D eigenvalue weighted by Gasteiger charge is 2.41. The third-order valence-electron chi connectivity index (χ3n) is 5.14.